The lowest BCUT2D eigenvalue weighted by Gasteiger charge is -2.36. The first kappa shape index (κ1) is 14.1. The molecule has 0 amide bonds. The van der Waals surface area contributed by atoms with Crippen LogP contribution in [0.2, 0.25) is 5.02 Å². The molecule has 2 aromatic rings. The van der Waals surface area contributed by atoms with Gasteiger partial charge in [-0.2, -0.15) is 0 Å². The van der Waals surface area contributed by atoms with Gasteiger partial charge in [0.25, 0.3) is 0 Å². The summed E-state index contributed by atoms with van der Waals surface area (Å²) in [6.45, 7) is 2.98. The van der Waals surface area contributed by atoms with Crippen molar-refractivity contribution in [3.8, 4) is 0 Å². The fourth-order valence-corrected chi connectivity index (χ4v) is 4.03. The largest absolute Gasteiger partial charge is 0.327 e. The Morgan fingerprint density at radius 1 is 1.25 bits per heavy atom. The van der Waals surface area contributed by atoms with Crippen molar-refractivity contribution in [1.82, 2.24) is 4.90 Å². The van der Waals surface area contributed by atoms with Crippen LogP contribution >= 0.6 is 22.9 Å². The second-order valence-electron chi connectivity index (χ2n) is 5.53. The minimum atomic E-state index is 0.259. The number of hydrogen-bond acceptors (Lipinski definition) is 3. The summed E-state index contributed by atoms with van der Waals surface area (Å²) in [5.41, 5.74) is 7.50. The normalized spacial score (nSPS) is 23.9. The van der Waals surface area contributed by atoms with E-state index in [1.54, 1.807) is 0 Å². The highest BCUT2D eigenvalue weighted by molar-refractivity contribution is 7.10. The molecule has 2 heterocycles. The number of halogens is 1. The fourth-order valence-electron chi connectivity index (χ4n) is 2.98. The zero-order valence-electron chi connectivity index (χ0n) is 11.3. The van der Waals surface area contributed by atoms with Crippen molar-refractivity contribution < 1.29 is 0 Å². The van der Waals surface area contributed by atoms with E-state index in [9.17, 15) is 0 Å². The second-order valence-corrected chi connectivity index (χ2v) is 6.95. The van der Waals surface area contributed by atoms with Crippen LogP contribution in [0.15, 0.2) is 41.8 Å². The van der Waals surface area contributed by atoms with Crippen molar-refractivity contribution in [2.45, 2.75) is 24.9 Å². The van der Waals surface area contributed by atoms with Crippen LogP contribution in [0, 0.1) is 0 Å². The number of nitrogens with two attached hydrogens (primary N) is 1. The molecule has 0 radical (unpaired) electrons. The molecule has 1 saturated heterocycles. The highest BCUT2D eigenvalue weighted by Crippen LogP contribution is 2.30. The van der Waals surface area contributed by atoms with E-state index in [2.05, 4.69) is 28.5 Å². The van der Waals surface area contributed by atoms with Gasteiger partial charge in [-0.05, 0) is 35.6 Å². The van der Waals surface area contributed by atoms with Crippen LogP contribution < -0.4 is 5.73 Å². The molecule has 1 aliphatic rings. The number of thiophene rings is 1. The van der Waals surface area contributed by atoms with Crippen molar-refractivity contribution in [1.29, 1.82) is 0 Å². The Morgan fingerprint density at radius 2 is 2.15 bits per heavy atom. The van der Waals surface area contributed by atoms with Crippen molar-refractivity contribution >= 4 is 22.9 Å². The maximum absolute atomic E-state index is 6.24. The number of nitrogens with zero attached hydrogens (tertiary/aromatic N) is 1. The molecular formula is C16H19ClN2S. The topological polar surface area (TPSA) is 29.3 Å². The molecule has 1 fully saturated rings. The predicted molar refractivity (Wildman–Crippen MR) is 86.4 cm³/mol. The molecule has 2 atom stereocenters. The molecule has 3 rings (SSSR count). The first-order chi connectivity index (χ1) is 9.70. The lowest BCUT2D eigenvalue weighted by Crippen LogP contribution is -2.45. The van der Waals surface area contributed by atoms with E-state index in [4.69, 9.17) is 17.3 Å². The number of rotatable bonds is 3. The number of likely N-dealkylation sites (tertiary alicyclic amines) is 1. The second kappa shape index (κ2) is 6.27. The molecule has 1 aromatic heterocycles. The third-order valence-corrected chi connectivity index (χ3v) is 5.07. The zero-order chi connectivity index (χ0) is 13.9. The summed E-state index contributed by atoms with van der Waals surface area (Å²) < 4.78 is 0. The van der Waals surface area contributed by atoms with Crippen molar-refractivity contribution in [3.63, 3.8) is 0 Å². The number of piperidine rings is 1. The van der Waals surface area contributed by atoms with E-state index in [-0.39, 0.29) is 6.04 Å². The maximum Gasteiger partial charge on any atom is 0.0409 e. The Balaban J connectivity index is 1.70. The zero-order valence-corrected chi connectivity index (χ0v) is 12.9. The van der Waals surface area contributed by atoms with Gasteiger partial charge in [0.15, 0.2) is 0 Å². The first-order valence-electron chi connectivity index (χ1n) is 6.96. The summed E-state index contributed by atoms with van der Waals surface area (Å²) in [6, 6.07) is 12.7. The predicted octanol–water partition coefficient (Wildman–Crippen LogP) is 3.72. The highest BCUT2D eigenvalue weighted by Gasteiger charge is 2.26. The van der Waals surface area contributed by atoms with Crippen LogP contribution in [-0.4, -0.2) is 24.0 Å². The molecule has 2 N–H and O–H groups in total. The van der Waals surface area contributed by atoms with Gasteiger partial charge in [-0.3, -0.25) is 4.90 Å². The van der Waals surface area contributed by atoms with Gasteiger partial charge in [-0.1, -0.05) is 29.8 Å². The van der Waals surface area contributed by atoms with Gasteiger partial charge in [0, 0.05) is 41.5 Å². The Hall–Kier alpha value is -0.870. The van der Waals surface area contributed by atoms with Crippen LogP contribution in [0.25, 0.3) is 0 Å². The minimum Gasteiger partial charge on any atom is -0.327 e. The van der Waals surface area contributed by atoms with E-state index >= 15 is 0 Å². The minimum absolute atomic E-state index is 0.259. The third-order valence-electron chi connectivity index (χ3n) is 3.80. The molecule has 0 aliphatic carbocycles. The van der Waals surface area contributed by atoms with E-state index in [1.807, 2.05) is 29.5 Å². The van der Waals surface area contributed by atoms with Crippen LogP contribution in [0.3, 0.4) is 0 Å². The van der Waals surface area contributed by atoms with Gasteiger partial charge < -0.3 is 5.73 Å². The molecule has 0 bridgehead atoms. The van der Waals surface area contributed by atoms with Crippen LogP contribution in [-0.2, 0) is 6.54 Å². The maximum atomic E-state index is 6.24. The van der Waals surface area contributed by atoms with Crippen LogP contribution in [0.4, 0.5) is 0 Å². The highest BCUT2D eigenvalue weighted by atomic mass is 35.5. The summed E-state index contributed by atoms with van der Waals surface area (Å²) in [5, 5.41) is 2.95. The monoisotopic (exact) mass is 306 g/mol. The molecule has 106 valence electrons. The van der Waals surface area contributed by atoms with Gasteiger partial charge in [0.2, 0.25) is 0 Å². The van der Waals surface area contributed by atoms with E-state index in [1.165, 1.54) is 10.4 Å². The van der Waals surface area contributed by atoms with Crippen LogP contribution in [0.5, 0.6) is 0 Å². The molecule has 4 heteroatoms. The number of benzene rings is 1. The fraction of sp³-hybridized carbons (Fsp3) is 0.375. The standard InChI is InChI=1S/C16H19ClN2S/c17-14-4-1-3-12(7-14)9-19-10-13(8-15(18)11-19)16-5-2-6-20-16/h1-7,13,15H,8-11,18H2. The average Bonchev–Trinajstić information content (AvgIpc) is 2.91. The number of hydrogen-bond donors (Lipinski definition) is 1. The van der Waals surface area contributed by atoms with Gasteiger partial charge in [0.05, 0.1) is 0 Å². The van der Waals surface area contributed by atoms with Gasteiger partial charge in [0.1, 0.15) is 0 Å². The average molecular weight is 307 g/mol. The molecular weight excluding hydrogens is 288 g/mol. The van der Waals surface area contributed by atoms with Gasteiger partial charge in [-0.15, -0.1) is 11.3 Å². The smallest absolute Gasteiger partial charge is 0.0409 e. The molecule has 0 saturated carbocycles. The first-order valence-corrected chi connectivity index (χ1v) is 8.22. The van der Waals surface area contributed by atoms with Gasteiger partial charge >= 0.3 is 0 Å². The van der Waals surface area contributed by atoms with Crippen molar-refractivity contribution in [2.24, 2.45) is 5.73 Å². The molecule has 1 aromatic carbocycles. The Labute approximate surface area is 129 Å². The quantitative estimate of drug-likeness (QED) is 0.936. The molecule has 20 heavy (non-hydrogen) atoms. The van der Waals surface area contributed by atoms with Crippen molar-refractivity contribution in [2.75, 3.05) is 13.1 Å². The summed E-state index contributed by atoms with van der Waals surface area (Å²) in [7, 11) is 0. The summed E-state index contributed by atoms with van der Waals surface area (Å²) in [4.78, 5) is 3.90. The summed E-state index contributed by atoms with van der Waals surface area (Å²) >= 11 is 7.90. The van der Waals surface area contributed by atoms with E-state index < -0.39 is 0 Å². The third kappa shape index (κ3) is 3.41. The summed E-state index contributed by atoms with van der Waals surface area (Å²) in [6.07, 6.45) is 1.09. The van der Waals surface area contributed by atoms with Gasteiger partial charge in [-0.25, -0.2) is 0 Å². The molecule has 2 nitrogen and oxygen atoms in total. The van der Waals surface area contributed by atoms with E-state index in [0.29, 0.717) is 5.92 Å². The van der Waals surface area contributed by atoms with Crippen molar-refractivity contribution in [3.05, 3.63) is 57.2 Å². The Bertz CT molecular complexity index is 555. The molecule has 2 unspecified atom stereocenters. The van der Waals surface area contributed by atoms with Crippen LogP contribution in [0.1, 0.15) is 22.8 Å². The lowest BCUT2D eigenvalue weighted by molar-refractivity contribution is 0.182. The molecule has 0 spiro atoms. The SMILES string of the molecule is NC1CC(c2cccs2)CN(Cc2cccc(Cl)c2)C1. The lowest BCUT2D eigenvalue weighted by atomic mass is 9.93. The van der Waals surface area contributed by atoms with E-state index in [0.717, 1.165) is 31.1 Å². The Morgan fingerprint density at radius 3 is 2.90 bits per heavy atom. The Kier molecular flexibility index (Phi) is 4.41. The molecule has 1 aliphatic heterocycles. The summed E-state index contributed by atoms with van der Waals surface area (Å²) in [5.74, 6) is 0.568.